The van der Waals surface area contributed by atoms with Gasteiger partial charge in [-0.15, -0.1) is 0 Å². The van der Waals surface area contributed by atoms with Gasteiger partial charge in [0.2, 0.25) is 0 Å². The van der Waals surface area contributed by atoms with Gasteiger partial charge in [-0.3, -0.25) is 9.48 Å². The lowest BCUT2D eigenvalue weighted by molar-refractivity contribution is 0.102. The molecule has 164 valence electrons. The van der Waals surface area contributed by atoms with Crippen LogP contribution in [-0.4, -0.2) is 30.3 Å². The van der Waals surface area contributed by atoms with Gasteiger partial charge in [0.15, 0.2) is 11.5 Å². The largest absolute Gasteiger partial charge is 0.305 e. The first-order chi connectivity index (χ1) is 15.9. The second-order valence-electron chi connectivity index (χ2n) is 7.33. The van der Waals surface area contributed by atoms with Crippen molar-refractivity contribution < 1.29 is 18.0 Å². The third-order valence-corrected chi connectivity index (χ3v) is 4.91. The molecule has 0 aliphatic heterocycles. The van der Waals surface area contributed by atoms with E-state index in [-0.39, 0.29) is 17.2 Å². The van der Waals surface area contributed by atoms with E-state index in [0.717, 1.165) is 23.3 Å². The van der Waals surface area contributed by atoms with Crippen LogP contribution in [0.2, 0.25) is 0 Å². The third-order valence-electron chi connectivity index (χ3n) is 4.91. The standard InChI is InChI=1S/C23H15F3N6O/c1-31-11-18(22(30-31)13-2-4-15(24)5-3-13)19-6-7-21-27-20(12-32(21)29-19)28-23(33)14-8-16(25)10-17(26)9-14/h2-12H,1H3,(H,28,33). The van der Waals surface area contributed by atoms with E-state index in [4.69, 9.17) is 0 Å². The molecule has 5 rings (SSSR count). The third kappa shape index (κ3) is 4.05. The zero-order valence-electron chi connectivity index (χ0n) is 17.1. The molecule has 2 aromatic carbocycles. The molecular weight excluding hydrogens is 433 g/mol. The average Bonchev–Trinajstić information content (AvgIpc) is 3.35. The number of rotatable bonds is 4. The summed E-state index contributed by atoms with van der Waals surface area (Å²) in [4.78, 5) is 16.6. The molecule has 1 amide bonds. The summed E-state index contributed by atoms with van der Waals surface area (Å²) in [5.74, 6) is -2.59. The van der Waals surface area contributed by atoms with Crippen LogP contribution in [0.3, 0.4) is 0 Å². The molecule has 33 heavy (non-hydrogen) atoms. The monoisotopic (exact) mass is 448 g/mol. The Labute approximate surface area is 185 Å². The molecule has 0 aliphatic rings. The lowest BCUT2D eigenvalue weighted by Gasteiger charge is -2.03. The normalized spacial score (nSPS) is 11.2. The Morgan fingerprint density at radius 3 is 2.33 bits per heavy atom. The Morgan fingerprint density at radius 2 is 1.61 bits per heavy atom. The van der Waals surface area contributed by atoms with E-state index in [1.807, 2.05) is 0 Å². The molecule has 0 unspecified atom stereocenters. The Balaban J connectivity index is 1.47. The molecule has 1 N–H and O–H groups in total. The van der Waals surface area contributed by atoms with E-state index in [2.05, 4.69) is 20.5 Å². The number of amides is 1. The number of carbonyl (C=O) groups excluding carboxylic acids is 1. The first kappa shape index (κ1) is 20.4. The van der Waals surface area contributed by atoms with Crippen molar-refractivity contribution in [3.8, 4) is 22.5 Å². The molecule has 0 atom stereocenters. The molecule has 0 saturated carbocycles. The fourth-order valence-corrected chi connectivity index (χ4v) is 3.46. The molecule has 0 spiro atoms. The van der Waals surface area contributed by atoms with Crippen LogP contribution in [0.5, 0.6) is 0 Å². The Morgan fingerprint density at radius 1 is 0.879 bits per heavy atom. The van der Waals surface area contributed by atoms with Crippen LogP contribution in [0.25, 0.3) is 28.2 Å². The number of benzene rings is 2. The molecule has 0 bridgehead atoms. The van der Waals surface area contributed by atoms with E-state index in [1.165, 1.54) is 22.8 Å². The van der Waals surface area contributed by atoms with Crippen LogP contribution in [0.1, 0.15) is 10.4 Å². The van der Waals surface area contributed by atoms with Gasteiger partial charge < -0.3 is 5.32 Å². The highest BCUT2D eigenvalue weighted by Gasteiger charge is 2.16. The van der Waals surface area contributed by atoms with Gasteiger partial charge in [-0.1, -0.05) is 0 Å². The minimum atomic E-state index is -0.852. The van der Waals surface area contributed by atoms with Crippen molar-refractivity contribution in [3.05, 3.63) is 90.0 Å². The number of anilines is 1. The smallest absolute Gasteiger partial charge is 0.257 e. The van der Waals surface area contributed by atoms with Crippen molar-refractivity contribution in [2.24, 2.45) is 7.05 Å². The zero-order chi connectivity index (χ0) is 23.1. The number of aryl methyl sites for hydroxylation is 1. The maximum atomic E-state index is 13.4. The molecule has 7 nitrogen and oxygen atoms in total. The van der Waals surface area contributed by atoms with Gasteiger partial charge in [-0.25, -0.2) is 22.7 Å². The summed E-state index contributed by atoms with van der Waals surface area (Å²) in [5, 5.41) is 11.5. The number of hydrogen-bond donors (Lipinski definition) is 1. The second-order valence-corrected chi connectivity index (χ2v) is 7.33. The maximum Gasteiger partial charge on any atom is 0.257 e. The first-order valence-electron chi connectivity index (χ1n) is 9.79. The molecule has 3 heterocycles. The van der Waals surface area contributed by atoms with Gasteiger partial charge in [-0.2, -0.15) is 10.2 Å². The van der Waals surface area contributed by atoms with Crippen LogP contribution in [0, 0.1) is 17.5 Å². The fraction of sp³-hybridized carbons (Fsp3) is 0.0435. The number of carbonyl (C=O) groups is 1. The minimum Gasteiger partial charge on any atom is -0.305 e. The van der Waals surface area contributed by atoms with E-state index >= 15 is 0 Å². The van der Waals surface area contributed by atoms with Gasteiger partial charge >= 0.3 is 0 Å². The van der Waals surface area contributed by atoms with Crippen molar-refractivity contribution in [3.63, 3.8) is 0 Å². The SMILES string of the molecule is Cn1cc(-c2ccc3nc(NC(=O)c4cc(F)cc(F)c4)cn3n2)c(-c2ccc(F)cc2)n1. The van der Waals surface area contributed by atoms with Gasteiger partial charge in [0.25, 0.3) is 5.91 Å². The molecule has 0 radical (unpaired) electrons. The lowest BCUT2D eigenvalue weighted by atomic mass is 10.1. The summed E-state index contributed by atoms with van der Waals surface area (Å²) in [5.41, 5.74) is 2.95. The number of imidazole rings is 1. The number of nitrogens with one attached hydrogen (secondary N) is 1. The zero-order valence-corrected chi connectivity index (χ0v) is 17.1. The van der Waals surface area contributed by atoms with Gasteiger partial charge in [0, 0.05) is 36.0 Å². The Bertz CT molecular complexity index is 1490. The minimum absolute atomic E-state index is 0.166. The van der Waals surface area contributed by atoms with Crippen LogP contribution in [0.4, 0.5) is 19.0 Å². The van der Waals surface area contributed by atoms with Crippen molar-refractivity contribution in [2.75, 3.05) is 5.32 Å². The van der Waals surface area contributed by atoms with E-state index in [1.54, 1.807) is 42.2 Å². The highest BCUT2D eigenvalue weighted by Crippen LogP contribution is 2.30. The van der Waals surface area contributed by atoms with Crippen molar-refractivity contribution in [1.29, 1.82) is 0 Å². The molecule has 3 aromatic heterocycles. The number of nitrogens with zero attached hydrogens (tertiary/aromatic N) is 5. The van der Waals surface area contributed by atoms with Gasteiger partial charge in [0.05, 0.1) is 11.9 Å². The summed E-state index contributed by atoms with van der Waals surface area (Å²) in [6.45, 7) is 0. The predicted molar refractivity (Wildman–Crippen MR) is 115 cm³/mol. The second kappa shape index (κ2) is 7.90. The van der Waals surface area contributed by atoms with Gasteiger partial charge in [0.1, 0.15) is 23.1 Å². The number of aromatic nitrogens is 5. The molecule has 0 saturated heterocycles. The van der Waals surface area contributed by atoms with Crippen molar-refractivity contribution in [2.45, 2.75) is 0 Å². The molecule has 10 heteroatoms. The lowest BCUT2D eigenvalue weighted by Crippen LogP contribution is -2.12. The predicted octanol–water partition coefficient (Wildman–Crippen LogP) is 4.47. The molecule has 0 fully saturated rings. The summed E-state index contributed by atoms with van der Waals surface area (Å²) in [6, 6.07) is 12.0. The quantitative estimate of drug-likeness (QED) is 0.440. The number of halogens is 3. The van der Waals surface area contributed by atoms with Crippen LogP contribution in [-0.2, 0) is 7.05 Å². The van der Waals surface area contributed by atoms with Crippen molar-refractivity contribution >= 4 is 17.4 Å². The Hall–Kier alpha value is -4.47. The fourth-order valence-electron chi connectivity index (χ4n) is 3.46. The first-order valence-corrected chi connectivity index (χ1v) is 9.79. The topological polar surface area (TPSA) is 77.1 Å². The van der Waals surface area contributed by atoms with E-state index in [9.17, 15) is 18.0 Å². The number of hydrogen-bond acceptors (Lipinski definition) is 4. The highest BCUT2D eigenvalue weighted by molar-refractivity contribution is 6.03. The average molecular weight is 448 g/mol. The summed E-state index contributed by atoms with van der Waals surface area (Å²) in [6.07, 6.45) is 3.28. The summed E-state index contributed by atoms with van der Waals surface area (Å²) in [7, 11) is 1.77. The number of fused-ring (bicyclic) bond motifs is 1. The maximum absolute atomic E-state index is 13.4. The molecule has 0 aliphatic carbocycles. The molecule has 5 aromatic rings. The Kier molecular flexibility index (Phi) is 4.89. The summed E-state index contributed by atoms with van der Waals surface area (Å²) >= 11 is 0. The molecular formula is C23H15F3N6O. The van der Waals surface area contributed by atoms with Crippen LogP contribution >= 0.6 is 0 Å². The van der Waals surface area contributed by atoms with E-state index in [0.29, 0.717) is 23.1 Å². The van der Waals surface area contributed by atoms with Crippen molar-refractivity contribution in [1.82, 2.24) is 24.4 Å². The van der Waals surface area contributed by atoms with Gasteiger partial charge in [-0.05, 0) is 48.5 Å². The van der Waals surface area contributed by atoms with Crippen LogP contribution in [0.15, 0.2) is 67.0 Å². The summed E-state index contributed by atoms with van der Waals surface area (Å²) < 4.78 is 43.2. The van der Waals surface area contributed by atoms with E-state index < -0.39 is 17.5 Å². The highest BCUT2D eigenvalue weighted by atomic mass is 19.1. The van der Waals surface area contributed by atoms with Crippen LogP contribution < -0.4 is 5.32 Å².